The molecule has 2 aromatic carbocycles. The van der Waals surface area contributed by atoms with Crippen LogP contribution in [0.25, 0.3) is 0 Å². The van der Waals surface area contributed by atoms with Crippen molar-refractivity contribution in [2.24, 2.45) is 5.92 Å². The van der Waals surface area contributed by atoms with Gasteiger partial charge in [0.25, 0.3) is 5.91 Å². The maximum absolute atomic E-state index is 12.7. The third-order valence-corrected chi connectivity index (χ3v) is 6.98. The van der Waals surface area contributed by atoms with Gasteiger partial charge in [-0.05, 0) is 73.4 Å². The minimum atomic E-state index is 0.0301. The molecular weight excluding hydrogens is 394 g/mol. The van der Waals surface area contributed by atoms with Gasteiger partial charge in [-0.3, -0.25) is 4.79 Å². The smallest absolute Gasteiger partial charge is 0.251 e. The highest BCUT2D eigenvalue weighted by molar-refractivity contribution is 6.32. The van der Waals surface area contributed by atoms with Crippen molar-refractivity contribution in [2.45, 2.75) is 57.5 Å². The van der Waals surface area contributed by atoms with Crippen LogP contribution in [-0.2, 0) is 0 Å². The number of anilines is 1. The van der Waals surface area contributed by atoms with Gasteiger partial charge in [0.2, 0.25) is 0 Å². The van der Waals surface area contributed by atoms with Gasteiger partial charge in [-0.1, -0.05) is 37.6 Å². The number of carbonyl (C=O) groups excluding carboxylic acids is 1. The molecule has 1 amide bonds. The third-order valence-electron chi connectivity index (χ3n) is 6.66. The average Bonchev–Trinajstić information content (AvgIpc) is 3.17. The zero-order valence-corrected chi connectivity index (χ0v) is 18.3. The van der Waals surface area contributed by atoms with Crippen LogP contribution in [0, 0.1) is 17.2 Å². The Labute approximate surface area is 183 Å². The summed E-state index contributed by atoms with van der Waals surface area (Å²) in [6, 6.07) is 16.5. The minimum Gasteiger partial charge on any atom is -0.368 e. The molecule has 1 N–H and O–H groups in total. The van der Waals surface area contributed by atoms with E-state index in [9.17, 15) is 4.79 Å². The lowest BCUT2D eigenvalue weighted by molar-refractivity contribution is 0.0918. The monoisotopic (exact) mass is 421 g/mol. The predicted molar refractivity (Wildman–Crippen MR) is 121 cm³/mol. The van der Waals surface area contributed by atoms with E-state index in [1.54, 1.807) is 6.07 Å². The van der Waals surface area contributed by atoms with Crippen LogP contribution in [0.15, 0.2) is 42.5 Å². The third kappa shape index (κ3) is 4.18. The van der Waals surface area contributed by atoms with E-state index in [0.29, 0.717) is 28.5 Å². The largest absolute Gasteiger partial charge is 0.368 e. The molecule has 4 nitrogen and oxygen atoms in total. The van der Waals surface area contributed by atoms with Crippen molar-refractivity contribution in [3.63, 3.8) is 0 Å². The van der Waals surface area contributed by atoms with E-state index in [0.717, 1.165) is 43.5 Å². The molecule has 0 bridgehead atoms. The number of halogens is 1. The van der Waals surface area contributed by atoms with Crippen LogP contribution in [0.1, 0.15) is 66.9 Å². The molecule has 2 aromatic rings. The second kappa shape index (κ2) is 8.70. The van der Waals surface area contributed by atoms with Gasteiger partial charge < -0.3 is 10.2 Å². The van der Waals surface area contributed by atoms with Crippen LogP contribution in [0.4, 0.5) is 5.69 Å². The van der Waals surface area contributed by atoms with Crippen molar-refractivity contribution in [1.82, 2.24) is 5.32 Å². The molecule has 0 spiro atoms. The first-order valence-corrected chi connectivity index (χ1v) is 11.2. The Morgan fingerprint density at radius 3 is 2.60 bits per heavy atom. The molecule has 1 saturated carbocycles. The van der Waals surface area contributed by atoms with E-state index in [-0.39, 0.29) is 11.9 Å². The van der Waals surface area contributed by atoms with Crippen LogP contribution in [0.5, 0.6) is 0 Å². The van der Waals surface area contributed by atoms with Crippen molar-refractivity contribution in [2.75, 3.05) is 11.4 Å². The molecule has 156 valence electrons. The van der Waals surface area contributed by atoms with Gasteiger partial charge in [0.1, 0.15) is 6.07 Å². The van der Waals surface area contributed by atoms with E-state index in [1.165, 1.54) is 5.56 Å². The van der Waals surface area contributed by atoms with E-state index in [4.69, 9.17) is 16.9 Å². The summed E-state index contributed by atoms with van der Waals surface area (Å²) in [5.41, 5.74) is 3.60. The van der Waals surface area contributed by atoms with E-state index in [1.807, 2.05) is 36.4 Å². The summed E-state index contributed by atoms with van der Waals surface area (Å²) in [5.74, 6) is 1.07. The molecule has 1 saturated heterocycles. The number of nitrogens with one attached hydrogen (secondary N) is 1. The van der Waals surface area contributed by atoms with E-state index in [2.05, 4.69) is 30.1 Å². The van der Waals surface area contributed by atoms with E-state index >= 15 is 0 Å². The lowest BCUT2D eigenvalue weighted by Crippen LogP contribution is -2.44. The number of nitriles is 1. The van der Waals surface area contributed by atoms with Gasteiger partial charge in [0.05, 0.1) is 10.6 Å². The van der Waals surface area contributed by atoms with Crippen molar-refractivity contribution in [3.8, 4) is 6.07 Å². The fourth-order valence-corrected chi connectivity index (χ4v) is 5.17. The Morgan fingerprint density at radius 1 is 1.17 bits per heavy atom. The number of rotatable bonds is 4. The first-order valence-electron chi connectivity index (χ1n) is 10.8. The highest BCUT2D eigenvalue weighted by atomic mass is 35.5. The summed E-state index contributed by atoms with van der Waals surface area (Å²) in [5, 5.41) is 12.9. The normalized spacial score (nSPS) is 23.2. The lowest BCUT2D eigenvalue weighted by atomic mass is 9.82. The average molecular weight is 422 g/mol. The predicted octanol–water partition coefficient (Wildman–Crippen LogP) is 5.51. The number of amides is 1. The second-order valence-corrected chi connectivity index (χ2v) is 9.25. The molecule has 1 aliphatic heterocycles. The van der Waals surface area contributed by atoms with Crippen molar-refractivity contribution in [3.05, 3.63) is 64.2 Å². The molecule has 0 aromatic heterocycles. The maximum Gasteiger partial charge on any atom is 0.251 e. The molecule has 2 aliphatic rings. The fraction of sp³-hybridized carbons (Fsp3) is 0.440. The number of hydrogen-bond donors (Lipinski definition) is 1. The summed E-state index contributed by atoms with van der Waals surface area (Å²) >= 11 is 6.25. The SMILES string of the molecule is CC(C)c1ccc(C(=O)N[C@@H]2CC[C@@H]3[C@@H](CCN3c3ccc(C#N)c(Cl)c3)C2)cc1. The number of hydrogen-bond acceptors (Lipinski definition) is 3. The summed E-state index contributed by atoms with van der Waals surface area (Å²) in [6.45, 7) is 5.31. The van der Waals surface area contributed by atoms with E-state index < -0.39 is 0 Å². The zero-order valence-electron chi connectivity index (χ0n) is 17.6. The number of carbonyl (C=O) groups is 1. The quantitative estimate of drug-likeness (QED) is 0.707. The van der Waals surface area contributed by atoms with Crippen LogP contribution >= 0.6 is 11.6 Å². The highest BCUT2D eigenvalue weighted by Gasteiger charge is 2.39. The van der Waals surface area contributed by atoms with Crippen LogP contribution in [-0.4, -0.2) is 24.5 Å². The summed E-state index contributed by atoms with van der Waals surface area (Å²) < 4.78 is 0. The number of benzene rings is 2. The first kappa shape index (κ1) is 20.8. The van der Waals surface area contributed by atoms with Crippen molar-refractivity contribution in [1.29, 1.82) is 5.26 Å². The first-order chi connectivity index (χ1) is 14.5. The van der Waals surface area contributed by atoms with Crippen LogP contribution in [0.3, 0.4) is 0 Å². The zero-order chi connectivity index (χ0) is 21.3. The molecule has 0 unspecified atom stereocenters. The fourth-order valence-electron chi connectivity index (χ4n) is 4.95. The van der Waals surface area contributed by atoms with Crippen molar-refractivity contribution >= 4 is 23.2 Å². The summed E-state index contributed by atoms with van der Waals surface area (Å²) in [7, 11) is 0. The minimum absolute atomic E-state index is 0.0301. The Morgan fingerprint density at radius 2 is 1.93 bits per heavy atom. The molecule has 3 atom stereocenters. The maximum atomic E-state index is 12.7. The molecule has 1 aliphatic carbocycles. The highest BCUT2D eigenvalue weighted by Crippen LogP contribution is 2.40. The molecule has 5 heteroatoms. The molecule has 0 radical (unpaired) electrons. The van der Waals surface area contributed by atoms with Crippen LogP contribution in [0.2, 0.25) is 5.02 Å². The van der Waals surface area contributed by atoms with Gasteiger partial charge in [0, 0.05) is 29.9 Å². The summed E-state index contributed by atoms with van der Waals surface area (Å²) in [4.78, 5) is 15.1. The second-order valence-electron chi connectivity index (χ2n) is 8.85. The van der Waals surface area contributed by atoms with Gasteiger partial charge in [0.15, 0.2) is 0 Å². The van der Waals surface area contributed by atoms with Crippen LogP contribution < -0.4 is 10.2 Å². The topological polar surface area (TPSA) is 56.1 Å². The number of fused-ring (bicyclic) bond motifs is 1. The Kier molecular flexibility index (Phi) is 6.01. The molecular formula is C25H28ClN3O. The molecule has 2 fully saturated rings. The van der Waals surface area contributed by atoms with Gasteiger partial charge >= 0.3 is 0 Å². The van der Waals surface area contributed by atoms with Crippen molar-refractivity contribution < 1.29 is 4.79 Å². The van der Waals surface area contributed by atoms with Gasteiger partial charge in [-0.15, -0.1) is 0 Å². The lowest BCUT2D eigenvalue weighted by Gasteiger charge is -2.37. The Bertz CT molecular complexity index is 963. The summed E-state index contributed by atoms with van der Waals surface area (Å²) in [6.07, 6.45) is 4.18. The van der Waals surface area contributed by atoms with Gasteiger partial charge in [-0.2, -0.15) is 5.26 Å². The Hall–Kier alpha value is -2.51. The standard InChI is InChI=1S/C25H28ClN3O/c1-16(2)17-3-5-18(6-4-17)25(30)28-21-8-10-24-19(13-21)11-12-29(24)22-9-7-20(15-27)23(26)14-22/h3-7,9,14,16,19,21,24H,8,10-13H2,1-2H3,(H,28,30)/t19-,21+,24+/m0/s1. The molecule has 30 heavy (non-hydrogen) atoms. The molecule has 1 heterocycles. The number of nitrogens with zero attached hydrogens (tertiary/aromatic N) is 2. The van der Waals surface area contributed by atoms with Gasteiger partial charge in [-0.25, -0.2) is 0 Å². The Balaban J connectivity index is 1.37. The molecule has 4 rings (SSSR count).